The third-order valence-corrected chi connectivity index (χ3v) is 2.46. The lowest BCUT2D eigenvalue weighted by atomic mass is 10.1. The van der Waals surface area contributed by atoms with Gasteiger partial charge in [0.1, 0.15) is 5.82 Å². The highest BCUT2D eigenvalue weighted by Gasteiger charge is 2.34. The van der Waals surface area contributed by atoms with E-state index in [0.29, 0.717) is 11.5 Å². The Morgan fingerprint density at radius 1 is 1.50 bits per heavy atom. The zero-order chi connectivity index (χ0) is 8.72. The van der Waals surface area contributed by atoms with Gasteiger partial charge in [0.25, 0.3) is 0 Å². The monoisotopic (exact) mass is 165 g/mol. The van der Waals surface area contributed by atoms with Crippen LogP contribution in [-0.4, -0.2) is 6.04 Å². The van der Waals surface area contributed by atoms with Gasteiger partial charge in [-0.25, -0.2) is 4.39 Å². The Hall–Kier alpha value is -0.890. The average molecular weight is 165 g/mol. The predicted molar refractivity (Wildman–Crippen MR) is 46.5 cm³/mol. The molecule has 1 aliphatic rings. The molecule has 0 aromatic heterocycles. The standard InChI is InChI=1S/C10H12FN/c1-6-2-3-7(4-9(6)11)8-5-10(8)12/h2-4,8,10H,5,12H2,1H3/t8-,10+/m0/s1. The van der Waals surface area contributed by atoms with E-state index in [0.717, 1.165) is 12.0 Å². The highest BCUT2D eigenvalue weighted by molar-refractivity contribution is 5.31. The zero-order valence-electron chi connectivity index (χ0n) is 7.05. The van der Waals surface area contributed by atoms with Gasteiger partial charge in [0.15, 0.2) is 0 Å². The summed E-state index contributed by atoms with van der Waals surface area (Å²) in [6.07, 6.45) is 1.00. The largest absolute Gasteiger partial charge is 0.327 e. The van der Waals surface area contributed by atoms with E-state index >= 15 is 0 Å². The summed E-state index contributed by atoms with van der Waals surface area (Å²) in [7, 11) is 0. The maximum atomic E-state index is 13.1. The molecular weight excluding hydrogens is 153 g/mol. The fourth-order valence-electron chi connectivity index (χ4n) is 1.44. The van der Waals surface area contributed by atoms with Gasteiger partial charge in [-0.15, -0.1) is 0 Å². The van der Waals surface area contributed by atoms with Crippen molar-refractivity contribution >= 4 is 0 Å². The van der Waals surface area contributed by atoms with Crippen molar-refractivity contribution in [2.45, 2.75) is 25.3 Å². The number of aryl methyl sites for hydroxylation is 1. The van der Waals surface area contributed by atoms with Crippen molar-refractivity contribution < 1.29 is 4.39 Å². The molecule has 0 bridgehead atoms. The molecule has 1 aromatic rings. The molecule has 1 aromatic carbocycles. The number of hydrogen-bond acceptors (Lipinski definition) is 1. The summed E-state index contributed by atoms with van der Waals surface area (Å²) in [4.78, 5) is 0. The van der Waals surface area contributed by atoms with E-state index in [2.05, 4.69) is 0 Å². The van der Waals surface area contributed by atoms with E-state index in [1.54, 1.807) is 13.0 Å². The van der Waals surface area contributed by atoms with E-state index in [9.17, 15) is 4.39 Å². The first-order chi connectivity index (χ1) is 5.68. The van der Waals surface area contributed by atoms with Crippen LogP contribution in [-0.2, 0) is 0 Å². The van der Waals surface area contributed by atoms with E-state index in [4.69, 9.17) is 5.73 Å². The first-order valence-corrected chi connectivity index (χ1v) is 4.20. The minimum Gasteiger partial charge on any atom is -0.327 e. The molecule has 2 heteroatoms. The van der Waals surface area contributed by atoms with Crippen molar-refractivity contribution in [3.63, 3.8) is 0 Å². The summed E-state index contributed by atoms with van der Waals surface area (Å²) in [6, 6.07) is 5.64. The molecule has 0 spiro atoms. The Kier molecular flexibility index (Phi) is 1.65. The number of hydrogen-bond donors (Lipinski definition) is 1. The Balaban J connectivity index is 2.29. The second-order valence-corrected chi connectivity index (χ2v) is 3.51. The van der Waals surface area contributed by atoms with E-state index in [1.165, 1.54) is 0 Å². The molecule has 0 heterocycles. The van der Waals surface area contributed by atoms with Crippen LogP contribution >= 0.6 is 0 Å². The Morgan fingerprint density at radius 3 is 2.67 bits per heavy atom. The lowest BCUT2D eigenvalue weighted by molar-refractivity contribution is 0.616. The predicted octanol–water partition coefficient (Wildman–Crippen LogP) is 1.95. The summed E-state index contributed by atoms with van der Waals surface area (Å²) in [5, 5.41) is 0. The molecule has 12 heavy (non-hydrogen) atoms. The molecule has 2 N–H and O–H groups in total. The molecule has 64 valence electrons. The summed E-state index contributed by atoms with van der Waals surface area (Å²) in [5.41, 5.74) is 7.41. The SMILES string of the molecule is Cc1ccc([C@@H]2C[C@H]2N)cc1F. The topological polar surface area (TPSA) is 26.0 Å². The van der Waals surface area contributed by atoms with Gasteiger partial charge in [0.2, 0.25) is 0 Å². The van der Waals surface area contributed by atoms with Crippen LogP contribution in [0.1, 0.15) is 23.5 Å². The summed E-state index contributed by atoms with van der Waals surface area (Å²) in [6.45, 7) is 1.77. The fourth-order valence-corrected chi connectivity index (χ4v) is 1.44. The minimum atomic E-state index is -0.119. The molecule has 0 aliphatic heterocycles. The lowest BCUT2D eigenvalue weighted by Gasteiger charge is -2.00. The van der Waals surface area contributed by atoms with E-state index < -0.39 is 0 Å². The molecule has 0 unspecified atom stereocenters. The smallest absolute Gasteiger partial charge is 0.126 e. The van der Waals surface area contributed by atoms with Crippen LogP contribution in [0.25, 0.3) is 0 Å². The molecular formula is C10H12FN. The Labute approximate surface area is 71.4 Å². The number of benzene rings is 1. The van der Waals surface area contributed by atoms with Gasteiger partial charge in [-0.2, -0.15) is 0 Å². The Morgan fingerprint density at radius 2 is 2.17 bits per heavy atom. The van der Waals surface area contributed by atoms with Crippen molar-refractivity contribution in [2.75, 3.05) is 0 Å². The van der Waals surface area contributed by atoms with Gasteiger partial charge in [-0.1, -0.05) is 12.1 Å². The van der Waals surface area contributed by atoms with Gasteiger partial charge in [-0.3, -0.25) is 0 Å². The minimum absolute atomic E-state index is 0.119. The quantitative estimate of drug-likeness (QED) is 0.676. The normalized spacial score (nSPS) is 27.2. The molecule has 1 fully saturated rings. The zero-order valence-corrected chi connectivity index (χ0v) is 7.05. The highest BCUT2D eigenvalue weighted by Crippen LogP contribution is 2.39. The van der Waals surface area contributed by atoms with Crippen LogP contribution in [0.15, 0.2) is 18.2 Å². The van der Waals surface area contributed by atoms with Crippen LogP contribution in [0.4, 0.5) is 4.39 Å². The molecule has 2 rings (SSSR count). The highest BCUT2D eigenvalue weighted by atomic mass is 19.1. The van der Waals surface area contributed by atoms with Gasteiger partial charge in [-0.05, 0) is 30.5 Å². The average Bonchev–Trinajstić information content (AvgIpc) is 2.73. The number of rotatable bonds is 1. The van der Waals surface area contributed by atoms with Crippen LogP contribution in [0.2, 0.25) is 0 Å². The number of nitrogens with two attached hydrogens (primary N) is 1. The van der Waals surface area contributed by atoms with E-state index in [-0.39, 0.29) is 11.9 Å². The van der Waals surface area contributed by atoms with E-state index in [1.807, 2.05) is 12.1 Å². The third kappa shape index (κ3) is 1.23. The maximum Gasteiger partial charge on any atom is 0.126 e. The Bertz CT molecular complexity index is 309. The molecule has 1 aliphatic carbocycles. The van der Waals surface area contributed by atoms with Crippen LogP contribution in [0, 0.1) is 12.7 Å². The first-order valence-electron chi connectivity index (χ1n) is 4.20. The van der Waals surface area contributed by atoms with Gasteiger partial charge >= 0.3 is 0 Å². The van der Waals surface area contributed by atoms with Crippen molar-refractivity contribution in [1.82, 2.24) is 0 Å². The maximum absolute atomic E-state index is 13.1. The van der Waals surface area contributed by atoms with Crippen LogP contribution in [0.5, 0.6) is 0 Å². The molecule has 0 amide bonds. The number of halogens is 1. The second kappa shape index (κ2) is 2.56. The van der Waals surface area contributed by atoms with Crippen molar-refractivity contribution in [1.29, 1.82) is 0 Å². The summed E-state index contributed by atoms with van der Waals surface area (Å²) in [5.74, 6) is 0.284. The molecule has 0 radical (unpaired) electrons. The summed E-state index contributed by atoms with van der Waals surface area (Å²) >= 11 is 0. The third-order valence-electron chi connectivity index (χ3n) is 2.46. The van der Waals surface area contributed by atoms with Gasteiger partial charge < -0.3 is 5.73 Å². The van der Waals surface area contributed by atoms with Crippen molar-refractivity contribution in [3.05, 3.63) is 35.1 Å². The van der Waals surface area contributed by atoms with Crippen molar-refractivity contribution in [2.24, 2.45) is 5.73 Å². The van der Waals surface area contributed by atoms with Gasteiger partial charge in [0, 0.05) is 12.0 Å². The van der Waals surface area contributed by atoms with Crippen LogP contribution < -0.4 is 5.73 Å². The molecule has 1 nitrogen and oxygen atoms in total. The lowest BCUT2D eigenvalue weighted by Crippen LogP contribution is -2.01. The molecule has 2 atom stereocenters. The molecule has 1 saturated carbocycles. The summed E-state index contributed by atoms with van der Waals surface area (Å²) < 4.78 is 13.1. The first kappa shape index (κ1) is 7.74. The van der Waals surface area contributed by atoms with Gasteiger partial charge in [0.05, 0.1) is 0 Å². The van der Waals surface area contributed by atoms with Crippen molar-refractivity contribution in [3.8, 4) is 0 Å². The second-order valence-electron chi connectivity index (χ2n) is 3.51. The molecule has 0 saturated heterocycles. The fraction of sp³-hybridized carbons (Fsp3) is 0.400. The van der Waals surface area contributed by atoms with Crippen LogP contribution in [0.3, 0.4) is 0 Å².